The van der Waals surface area contributed by atoms with Gasteiger partial charge < -0.3 is 9.30 Å². The SMILES string of the molecule is N#Cc1cccn1COC1CCCC1. The van der Waals surface area contributed by atoms with Crippen LogP contribution in [0.5, 0.6) is 0 Å². The van der Waals surface area contributed by atoms with Gasteiger partial charge in [0.25, 0.3) is 0 Å². The van der Waals surface area contributed by atoms with Crippen LogP contribution in [0.15, 0.2) is 18.3 Å². The van der Waals surface area contributed by atoms with Crippen molar-refractivity contribution in [1.29, 1.82) is 5.26 Å². The number of nitrogens with zero attached hydrogens (tertiary/aromatic N) is 2. The zero-order valence-corrected chi connectivity index (χ0v) is 8.15. The summed E-state index contributed by atoms with van der Waals surface area (Å²) < 4.78 is 7.55. The Morgan fingerprint density at radius 3 is 3.00 bits per heavy atom. The van der Waals surface area contributed by atoms with E-state index in [1.807, 2.05) is 16.8 Å². The molecule has 0 N–H and O–H groups in total. The lowest BCUT2D eigenvalue weighted by Gasteiger charge is -2.12. The average molecular weight is 190 g/mol. The first-order valence-electron chi connectivity index (χ1n) is 5.07. The van der Waals surface area contributed by atoms with E-state index in [1.54, 1.807) is 6.07 Å². The quantitative estimate of drug-likeness (QED) is 0.733. The molecule has 1 aromatic heterocycles. The molecule has 3 heteroatoms. The smallest absolute Gasteiger partial charge is 0.123 e. The maximum absolute atomic E-state index is 8.77. The van der Waals surface area contributed by atoms with Gasteiger partial charge in [0, 0.05) is 6.20 Å². The van der Waals surface area contributed by atoms with Gasteiger partial charge in [-0.15, -0.1) is 0 Å². The van der Waals surface area contributed by atoms with Crippen LogP contribution in [0.1, 0.15) is 31.4 Å². The average Bonchev–Trinajstić information content (AvgIpc) is 2.85. The Morgan fingerprint density at radius 2 is 2.29 bits per heavy atom. The van der Waals surface area contributed by atoms with E-state index in [9.17, 15) is 0 Å². The van der Waals surface area contributed by atoms with Crippen molar-refractivity contribution in [2.45, 2.75) is 38.5 Å². The molecule has 0 saturated heterocycles. The van der Waals surface area contributed by atoms with Crippen LogP contribution in [0.2, 0.25) is 0 Å². The van der Waals surface area contributed by atoms with E-state index in [0.717, 1.165) is 0 Å². The second kappa shape index (κ2) is 4.30. The summed E-state index contributed by atoms with van der Waals surface area (Å²) >= 11 is 0. The summed E-state index contributed by atoms with van der Waals surface area (Å²) in [4.78, 5) is 0. The van der Waals surface area contributed by atoms with Crippen molar-refractivity contribution in [2.24, 2.45) is 0 Å². The van der Waals surface area contributed by atoms with Gasteiger partial charge in [0.15, 0.2) is 0 Å². The Labute approximate surface area is 83.9 Å². The third-order valence-corrected chi connectivity index (χ3v) is 2.70. The predicted molar refractivity (Wildman–Crippen MR) is 52.5 cm³/mol. The Balaban J connectivity index is 1.88. The molecule has 0 aliphatic heterocycles. The van der Waals surface area contributed by atoms with E-state index >= 15 is 0 Å². The van der Waals surface area contributed by atoms with E-state index in [2.05, 4.69) is 6.07 Å². The second-order valence-electron chi connectivity index (χ2n) is 3.68. The van der Waals surface area contributed by atoms with Crippen LogP contribution in [0.4, 0.5) is 0 Å². The number of rotatable bonds is 3. The molecule has 14 heavy (non-hydrogen) atoms. The predicted octanol–water partition coefficient (Wildman–Crippen LogP) is 2.28. The fraction of sp³-hybridized carbons (Fsp3) is 0.545. The zero-order chi connectivity index (χ0) is 9.80. The molecular formula is C11H14N2O. The lowest BCUT2D eigenvalue weighted by Crippen LogP contribution is -2.11. The van der Waals surface area contributed by atoms with Crippen molar-refractivity contribution in [2.75, 3.05) is 0 Å². The minimum atomic E-state index is 0.406. The number of aromatic nitrogens is 1. The molecule has 0 radical (unpaired) electrons. The lowest BCUT2D eigenvalue weighted by molar-refractivity contribution is 0.0113. The van der Waals surface area contributed by atoms with Crippen LogP contribution in [0.25, 0.3) is 0 Å². The molecule has 3 nitrogen and oxygen atoms in total. The molecule has 0 unspecified atom stereocenters. The van der Waals surface area contributed by atoms with Crippen molar-refractivity contribution in [1.82, 2.24) is 4.57 Å². The summed E-state index contributed by atoms with van der Waals surface area (Å²) in [6.45, 7) is 0.514. The molecule has 0 amide bonds. The first kappa shape index (κ1) is 9.29. The van der Waals surface area contributed by atoms with Gasteiger partial charge >= 0.3 is 0 Å². The van der Waals surface area contributed by atoms with Crippen molar-refractivity contribution in [3.05, 3.63) is 24.0 Å². The third-order valence-electron chi connectivity index (χ3n) is 2.70. The number of nitriles is 1. The van der Waals surface area contributed by atoms with Crippen LogP contribution in [-0.2, 0) is 11.5 Å². The molecule has 1 heterocycles. The summed E-state index contributed by atoms with van der Waals surface area (Å²) in [7, 11) is 0. The summed E-state index contributed by atoms with van der Waals surface area (Å²) in [6, 6.07) is 5.81. The largest absolute Gasteiger partial charge is 0.358 e. The Morgan fingerprint density at radius 1 is 1.50 bits per heavy atom. The molecule has 1 aliphatic rings. The van der Waals surface area contributed by atoms with Crippen LogP contribution < -0.4 is 0 Å². The maximum Gasteiger partial charge on any atom is 0.123 e. The third kappa shape index (κ3) is 1.97. The fourth-order valence-corrected chi connectivity index (χ4v) is 1.87. The number of ether oxygens (including phenoxy) is 1. The van der Waals surface area contributed by atoms with E-state index in [0.29, 0.717) is 18.5 Å². The number of hydrogen-bond donors (Lipinski definition) is 0. The molecule has 2 rings (SSSR count). The van der Waals surface area contributed by atoms with E-state index in [1.165, 1.54) is 25.7 Å². The Bertz CT molecular complexity index is 331. The molecule has 1 aliphatic carbocycles. The molecule has 1 saturated carbocycles. The summed E-state index contributed by atoms with van der Waals surface area (Å²) in [6.07, 6.45) is 7.19. The first-order valence-corrected chi connectivity index (χ1v) is 5.07. The summed E-state index contributed by atoms with van der Waals surface area (Å²) in [5.41, 5.74) is 0.669. The Hall–Kier alpha value is -1.27. The van der Waals surface area contributed by atoms with Crippen LogP contribution in [0, 0.1) is 11.3 Å². The van der Waals surface area contributed by atoms with Gasteiger partial charge in [-0.25, -0.2) is 0 Å². The topological polar surface area (TPSA) is 38.0 Å². The van der Waals surface area contributed by atoms with E-state index in [-0.39, 0.29) is 0 Å². The highest BCUT2D eigenvalue weighted by Crippen LogP contribution is 2.21. The van der Waals surface area contributed by atoms with Gasteiger partial charge in [-0.3, -0.25) is 0 Å². The molecule has 0 aromatic carbocycles. The monoisotopic (exact) mass is 190 g/mol. The fourth-order valence-electron chi connectivity index (χ4n) is 1.87. The van der Waals surface area contributed by atoms with Gasteiger partial charge in [0.05, 0.1) is 6.10 Å². The molecule has 0 atom stereocenters. The van der Waals surface area contributed by atoms with Crippen LogP contribution >= 0.6 is 0 Å². The normalized spacial score (nSPS) is 17.1. The molecule has 0 bridgehead atoms. The summed E-state index contributed by atoms with van der Waals surface area (Å²) in [5, 5.41) is 8.77. The number of hydrogen-bond acceptors (Lipinski definition) is 2. The van der Waals surface area contributed by atoms with Crippen molar-refractivity contribution < 1.29 is 4.74 Å². The Kier molecular flexibility index (Phi) is 2.85. The molecule has 74 valence electrons. The standard InChI is InChI=1S/C11H14N2O/c12-8-10-4-3-7-13(10)9-14-11-5-1-2-6-11/h3-4,7,11H,1-2,5-6,9H2. The lowest BCUT2D eigenvalue weighted by atomic mass is 10.3. The molecule has 0 spiro atoms. The molecule has 1 fully saturated rings. The van der Waals surface area contributed by atoms with Crippen molar-refractivity contribution in [3.63, 3.8) is 0 Å². The van der Waals surface area contributed by atoms with Crippen LogP contribution in [0.3, 0.4) is 0 Å². The van der Waals surface area contributed by atoms with E-state index < -0.39 is 0 Å². The second-order valence-corrected chi connectivity index (χ2v) is 3.68. The molecule has 1 aromatic rings. The minimum absolute atomic E-state index is 0.406. The summed E-state index contributed by atoms with van der Waals surface area (Å²) in [5.74, 6) is 0. The highest BCUT2D eigenvalue weighted by Gasteiger charge is 2.15. The highest BCUT2D eigenvalue weighted by atomic mass is 16.5. The van der Waals surface area contributed by atoms with Gasteiger partial charge in [0.2, 0.25) is 0 Å². The van der Waals surface area contributed by atoms with Gasteiger partial charge in [-0.05, 0) is 25.0 Å². The maximum atomic E-state index is 8.77. The molecular weight excluding hydrogens is 176 g/mol. The van der Waals surface area contributed by atoms with Gasteiger partial charge in [-0.1, -0.05) is 12.8 Å². The minimum Gasteiger partial charge on any atom is -0.358 e. The van der Waals surface area contributed by atoms with Crippen molar-refractivity contribution in [3.8, 4) is 6.07 Å². The van der Waals surface area contributed by atoms with Gasteiger partial charge in [0.1, 0.15) is 18.5 Å². The first-order chi connectivity index (χ1) is 6.90. The van der Waals surface area contributed by atoms with Crippen LogP contribution in [-0.4, -0.2) is 10.7 Å². The van der Waals surface area contributed by atoms with Crippen molar-refractivity contribution >= 4 is 0 Å². The van der Waals surface area contributed by atoms with Gasteiger partial charge in [-0.2, -0.15) is 5.26 Å². The van der Waals surface area contributed by atoms with E-state index in [4.69, 9.17) is 10.00 Å². The zero-order valence-electron chi connectivity index (χ0n) is 8.15. The highest BCUT2D eigenvalue weighted by molar-refractivity contribution is 5.21.